The smallest absolute Gasteiger partial charge is 0.318 e. The minimum Gasteiger partial charge on any atom is -0.318 e. The molecule has 0 saturated carbocycles. The minimum atomic E-state index is -0.831. The van der Waals surface area contributed by atoms with E-state index in [1.54, 1.807) is 12.3 Å². The number of aryl methyl sites for hydroxylation is 3. The zero-order valence-corrected chi connectivity index (χ0v) is 19.1. The SMILES string of the molecule is Cc1ccc(C)c(-n2c(C)cc(/C=N/NC(=O)C(=O)Nc3cccc4ccccc34)c2C)c1. The molecule has 4 aromatic rings. The first kappa shape index (κ1) is 22.0. The average Bonchev–Trinajstić information content (AvgIpc) is 3.08. The fraction of sp³-hybridized carbons (Fsp3) is 0.148. The van der Waals surface area contributed by atoms with Crippen LogP contribution in [0, 0.1) is 27.7 Å². The van der Waals surface area contributed by atoms with Crippen molar-refractivity contribution in [1.82, 2.24) is 9.99 Å². The van der Waals surface area contributed by atoms with Gasteiger partial charge in [-0.1, -0.05) is 48.5 Å². The van der Waals surface area contributed by atoms with Gasteiger partial charge in [-0.15, -0.1) is 0 Å². The van der Waals surface area contributed by atoms with Crippen molar-refractivity contribution in [3.8, 4) is 5.69 Å². The van der Waals surface area contributed by atoms with Crippen LogP contribution in [0.2, 0.25) is 0 Å². The lowest BCUT2D eigenvalue weighted by molar-refractivity contribution is -0.136. The molecule has 0 radical (unpaired) electrons. The molecule has 166 valence electrons. The van der Waals surface area contributed by atoms with Gasteiger partial charge in [-0.3, -0.25) is 9.59 Å². The summed E-state index contributed by atoms with van der Waals surface area (Å²) in [6.45, 7) is 8.18. The van der Waals surface area contributed by atoms with Crippen LogP contribution in [0.15, 0.2) is 71.8 Å². The van der Waals surface area contributed by atoms with Crippen LogP contribution in [-0.4, -0.2) is 22.6 Å². The molecule has 0 atom stereocenters. The Hall–Kier alpha value is -4.19. The number of fused-ring (bicyclic) bond motifs is 1. The number of nitrogens with one attached hydrogen (secondary N) is 2. The van der Waals surface area contributed by atoms with E-state index >= 15 is 0 Å². The molecular formula is C27H26N4O2. The topological polar surface area (TPSA) is 75.5 Å². The lowest BCUT2D eigenvalue weighted by atomic mass is 10.1. The van der Waals surface area contributed by atoms with Gasteiger partial charge in [0.15, 0.2) is 0 Å². The number of anilines is 1. The summed E-state index contributed by atoms with van der Waals surface area (Å²) in [5.74, 6) is -1.60. The molecule has 6 nitrogen and oxygen atoms in total. The van der Waals surface area contributed by atoms with Crippen molar-refractivity contribution in [3.63, 3.8) is 0 Å². The van der Waals surface area contributed by atoms with Crippen LogP contribution in [0.4, 0.5) is 5.69 Å². The van der Waals surface area contributed by atoms with E-state index in [4.69, 9.17) is 0 Å². The predicted octanol–water partition coefficient (Wildman–Crippen LogP) is 4.95. The van der Waals surface area contributed by atoms with Gasteiger partial charge >= 0.3 is 11.8 Å². The van der Waals surface area contributed by atoms with Gasteiger partial charge in [0.2, 0.25) is 0 Å². The highest BCUT2D eigenvalue weighted by Gasteiger charge is 2.15. The van der Waals surface area contributed by atoms with Gasteiger partial charge in [0.1, 0.15) is 0 Å². The van der Waals surface area contributed by atoms with E-state index in [9.17, 15) is 9.59 Å². The fourth-order valence-corrected chi connectivity index (χ4v) is 3.97. The number of carbonyl (C=O) groups excluding carboxylic acids is 2. The third-order valence-corrected chi connectivity index (χ3v) is 5.69. The second kappa shape index (κ2) is 9.12. The van der Waals surface area contributed by atoms with Crippen molar-refractivity contribution >= 4 is 34.5 Å². The number of aromatic nitrogens is 1. The Balaban J connectivity index is 1.47. The highest BCUT2D eigenvalue weighted by atomic mass is 16.2. The molecule has 0 aliphatic carbocycles. The molecule has 0 spiro atoms. The van der Waals surface area contributed by atoms with Gasteiger partial charge in [-0.2, -0.15) is 5.10 Å². The summed E-state index contributed by atoms with van der Waals surface area (Å²) in [5, 5.41) is 8.52. The van der Waals surface area contributed by atoms with Gasteiger partial charge in [0.25, 0.3) is 0 Å². The quantitative estimate of drug-likeness (QED) is 0.269. The fourth-order valence-electron chi connectivity index (χ4n) is 3.97. The van der Waals surface area contributed by atoms with Crippen molar-refractivity contribution in [3.05, 3.63) is 94.8 Å². The maximum Gasteiger partial charge on any atom is 0.329 e. The van der Waals surface area contributed by atoms with Gasteiger partial charge in [0, 0.05) is 33.7 Å². The maximum atomic E-state index is 12.4. The van der Waals surface area contributed by atoms with Crippen LogP contribution in [-0.2, 0) is 9.59 Å². The number of hydrogen-bond acceptors (Lipinski definition) is 3. The number of rotatable bonds is 4. The number of carbonyl (C=O) groups is 2. The van der Waals surface area contributed by atoms with E-state index in [1.807, 2.05) is 56.3 Å². The summed E-state index contributed by atoms with van der Waals surface area (Å²) in [4.78, 5) is 24.7. The largest absolute Gasteiger partial charge is 0.329 e. The second-order valence-corrected chi connectivity index (χ2v) is 8.13. The van der Waals surface area contributed by atoms with Gasteiger partial charge in [0.05, 0.1) is 6.21 Å². The lowest BCUT2D eigenvalue weighted by Crippen LogP contribution is -2.32. The highest BCUT2D eigenvalue weighted by Crippen LogP contribution is 2.24. The normalized spacial score (nSPS) is 11.2. The molecule has 3 aromatic carbocycles. The number of hydrazone groups is 1. The van der Waals surface area contributed by atoms with E-state index < -0.39 is 11.8 Å². The van der Waals surface area contributed by atoms with E-state index in [2.05, 4.69) is 52.5 Å². The molecule has 2 amide bonds. The number of nitrogens with zero attached hydrogens (tertiary/aromatic N) is 2. The van der Waals surface area contributed by atoms with Crippen molar-refractivity contribution in [2.24, 2.45) is 5.10 Å². The zero-order valence-electron chi connectivity index (χ0n) is 19.1. The Morgan fingerprint density at radius 1 is 0.879 bits per heavy atom. The second-order valence-electron chi connectivity index (χ2n) is 8.13. The van der Waals surface area contributed by atoms with Crippen LogP contribution in [0.3, 0.4) is 0 Å². The number of hydrogen-bond donors (Lipinski definition) is 2. The molecule has 0 unspecified atom stereocenters. The van der Waals surface area contributed by atoms with Crippen molar-refractivity contribution < 1.29 is 9.59 Å². The van der Waals surface area contributed by atoms with Crippen LogP contribution in [0.25, 0.3) is 16.5 Å². The first-order valence-corrected chi connectivity index (χ1v) is 10.7. The Morgan fingerprint density at radius 3 is 2.45 bits per heavy atom. The summed E-state index contributed by atoms with van der Waals surface area (Å²) in [6.07, 6.45) is 1.56. The van der Waals surface area contributed by atoms with Crippen LogP contribution in [0.5, 0.6) is 0 Å². The summed E-state index contributed by atoms with van der Waals surface area (Å²) < 4.78 is 2.17. The Morgan fingerprint density at radius 2 is 1.64 bits per heavy atom. The first-order valence-electron chi connectivity index (χ1n) is 10.7. The van der Waals surface area contributed by atoms with E-state index in [1.165, 1.54) is 11.1 Å². The van der Waals surface area contributed by atoms with Crippen molar-refractivity contribution in [1.29, 1.82) is 0 Å². The molecule has 0 fully saturated rings. The zero-order chi connectivity index (χ0) is 23.5. The molecule has 33 heavy (non-hydrogen) atoms. The average molecular weight is 439 g/mol. The van der Waals surface area contributed by atoms with Crippen molar-refractivity contribution in [2.45, 2.75) is 27.7 Å². The number of benzene rings is 3. The Bertz CT molecular complexity index is 1390. The third-order valence-electron chi connectivity index (χ3n) is 5.69. The van der Waals surface area contributed by atoms with Gasteiger partial charge in [-0.05, 0) is 62.4 Å². The van der Waals surface area contributed by atoms with Gasteiger partial charge in [-0.25, -0.2) is 5.43 Å². The van der Waals surface area contributed by atoms with Crippen LogP contribution >= 0.6 is 0 Å². The molecule has 0 bridgehead atoms. The van der Waals surface area contributed by atoms with Crippen LogP contribution < -0.4 is 10.7 Å². The maximum absolute atomic E-state index is 12.4. The van der Waals surface area contributed by atoms with Gasteiger partial charge < -0.3 is 9.88 Å². The van der Waals surface area contributed by atoms with Crippen LogP contribution in [0.1, 0.15) is 28.1 Å². The monoisotopic (exact) mass is 438 g/mol. The van der Waals surface area contributed by atoms with E-state index in [-0.39, 0.29) is 0 Å². The summed E-state index contributed by atoms with van der Waals surface area (Å²) in [5.41, 5.74) is 9.29. The molecule has 4 rings (SSSR count). The summed E-state index contributed by atoms with van der Waals surface area (Å²) >= 11 is 0. The molecule has 1 heterocycles. The minimum absolute atomic E-state index is 0.578. The van der Waals surface area contributed by atoms with E-state index in [0.717, 1.165) is 33.4 Å². The highest BCUT2D eigenvalue weighted by molar-refractivity contribution is 6.40. The molecule has 0 saturated heterocycles. The molecule has 0 aliphatic rings. The first-order chi connectivity index (χ1) is 15.8. The molecular weight excluding hydrogens is 412 g/mol. The summed E-state index contributed by atoms with van der Waals surface area (Å²) in [6, 6.07) is 21.5. The Labute approximate surface area is 192 Å². The van der Waals surface area contributed by atoms with E-state index in [0.29, 0.717) is 5.69 Å². The number of amides is 2. The predicted molar refractivity (Wildman–Crippen MR) is 133 cm³/mol. The third kappa shape index (κ3) is 4.55. The van der Waals surface area contributed by atoms with Crippen molar-refractivity contribution in [2.75, 3.05) is 5.32 Å². The summed E-state index contributed by atoms with van der Waals surface area (Å²) in [7, 11) is 0. The molecule has 1 aromatic heterocycles. The molecule has 2 N–H and O–H groups in total. The Kier molecular flexibility index (Phi) is 6.09. The lowest BCUT2D eigenvalue weighted by Gasteiger charge is -2.13. The standard InChI is InChI=1S/C27H26N4O2/c1-17-12-13-18(2)25(14-17)31-19(3)15-22(20(31)4)16-28-30-27(33)26(32)29-24-11-7-9-21-8-5-6-10-23(21)24/h5-16H,1-4H3,(H,29,32)(H,30,33)/b28-16+. The molecule has 6 heteroatoms. The molecule has 0 aliphatic heterocycles.